The first-order valence-electron chi connectivity index (χ1n) is 5.80. The standard InChI is InChI=1S/C12H16O5/c13-12(10-4-3-7-14-10)17-9-8-16-11-5-1-2-6-15-11/h3-4,7,11H,1-2,5-6,8-9H2. The summed E-state index contributed by atoms with van der Waals surface area (Å²) in [6, 6.07) is 3.20. The second-order valence-electron chi connectivity index (χ2n) is 3.78. The van der Waals surface area contributed by atoms with E-state index in [4.69, 9.17) is 18.6 Å². The zero-order valence-corrected chi connectivity index (χ0v) is 9.59. The molecule has 1 atom stereocenters. The van der Waals surface area contributed by atoms with E-state index < -0.39 is 5.97 Å². The van der Waals surface area contributed by atoms with Crippen LogP contribution in [-0.4, -0.2) is 32.1 Å². The van der Waals surface area contributed by atoms with E-state index in [1.54, 1.807) is 12.1 Å². The summed E-state index contributed by atoms with van der Waals surface area (Å²) in [5, 5.41) is 0. The molecule has 0 saturated carbocycles. The normalized spacial score (nSPS) is 20.1. The number of furan rings is 1. The molecule has 1 aromatic rings. The van der Waals surface area contributed by atoms with Gasteiger partial charge < -0.3 is 18.6 Å². The highest BCUT2D eigenvalue weighted by molar-refractivity contribution is 5.86. The van der Waals surface area contributed by atoms with Gasteiger partial charge in [0.25, 0.3) is 0 Å². The molecule has 0 aromatic carbocycles. The van der Waals surface area contributed by atoms with Crippen molar-refractivity contribution in [3.05, 3.63) is 24.2 Å². The van der Waals surface area contributed by atoms with Crippen molar-refractivity contribution >= 4 is 5.97 Å². The van der Waals surface area contributed by atoms with Crippen LogP contribution in [0.2, 0.25) is 0 Å². The van der Waals surface area contributed by atoms with Crippen LogP contribution in [-0.2, 0) is 14.2 Å². The summed E-state index contributed by atoms with van der Waals surface area (Å²) in [6.07, 6.45) is 4.41. The second kappa shape index (κ2) is 6.42. The van der Waals surface area contributed by atoms with Crippen LogP contribution in [0.3, 0.4) is 0 Å². The van der Waals surface area contributed by atoms with Gasteiger partial charge in [0.05, 0.1) is 12.9 Å². The molecular weight excluding hydrogens is 224 g/mol. The molecule has 0 radical (unpaired) electrons. The lowest BCUT2D eigenvalue weighted by Crippen LogP contribution is -2.24. The quantitative estimate of drug-likeness (QED) is 0.581. The van der Waals surface area contributed by atoms with Crippen molar-refractivity contribution in [3.8, 4) is 0 Å². The molecular formula is C12H16O5. The lowest BCUT2D eigenvalue weighted by molar-refractivity contribution is -0.166. The van der Waals surface area contributed by atoms with Crippen molar-refractivity contribution in [1.82, 2.24) is 0 Å². The fourth-order valence-electron chi connectivity index (χ4n) is 1.62. The van der Waals surface area contributed by atoms with Crippen LogP contribution >= 0.6 is 0 Å². The summed E-state index contributed by atoms with van der Waals surface area (Å²) >= 11 is 0. The predicted molar refractivity (Wildman–Crippen MR) is 58.5 cm³/mol. The lowest BCUT2D eigenvalue weighted by atomic mass is 10.2. The van der Waals surface area contributed by atoms with Gasteiger partial charge in [0.1, 0.15) is 6.61 Å². The van der Waals surface area contributed by atoms with E-state index in [0.29, 0.717) is 6.61 Å². The Balaban J connectivity index is 1.58. The molecule has 1 fully saturated rings. The molecule has 5 nitrogen and oxygen atoms in total. The van der Waals surface area contributed by atoms with E-state index in [-0.39, 0.29) is 18.7 Å². The van der Waals surface area contributed by atoms with E-state index in [1.165, 1.54) is 6.26 Å². The summed E-state index contributed by atoms with van der Waals surface area (Å²) in [7, 11) is 0. The first kappa shape index (κ1) is 12.1. The number of hydrogen-bond acceptors (Lipinski definition) is 5. The van der Waals surface area contributed by atoms with Crippen LogP contribution in [0, 0.1) is 0 Å². The van der Waals surface area contributed by atoms with Crippen molar-refractivity contribution in [2.75, 3.05) is 19.8 Å². The van der Waals surface area contributed by atoms with E-state index in [9.17, 15) is 4.79 Å². The predicted octanol–water partition coefficient (Wildman–Crippen LogP) is 1.98. The van der Waals surface area contributed by atoms with E-state index in [0.717, 1.165) is 25.9 Å². The van der Waals surface area contributed by atoms with Gasteiger partial charge in [-0.15, -0.1) is 0 Å². The number of carbonyl (C=O) groups is 1. The number of esters is 1. The Hall–Kier alpha value is -1.33. The monoisotopic (exact) mass is 240 g/mol. The maximum absolute atomic E-state index is 11.4. The van der Waals surface area contributed by atoms with E-state index in [1.807, 2.05) is 0 Å². The highest BCUT2D eigenvalue weighted by Crippen LogP contribution is 2.13. The van der Waals surface area contributed by atoms with Gasteiger partial charge in [-0.2, -0.15) is 0 Å². The van der Waals surface area contributed by atoms with Crippen LogP contribution in [0.5, 0.6) is 0 Å². The van der Waals surface area contributed by atoms with Crippen molar-refractivity contribution in [1.29, 1.82) is 0 Å². The molecule has 5 heteroatoms. The van der Waals surface area contributed by atoms with Gasteiger partial charge >= 0.3 is 5.97 Å². The van der Waals surface area contributed by atoms with Crippen molar-refractivity contribution in [2.24, 2.45) is 0 Å². The third-order valence-corrected chi connectivity index (χ3v) is 2.48. The van der Waals surface area contributed by atoms with Crippen molar-refractivity contribution in [3.63, 3.8) is 0 Å². The summed E-state index contributed by atoms with van der Waals surface area (Å²) in [5.41, 5.74) is 0. The summed E-state index contributed by atoms with van der Waals surface area (Å²) in [5.74, 6) is -0.262. The molecule has 2 heterocycles. The SMILES string of the molecule is O=C(OCCOC1CCCCO1)c1ccco1. The molecule has 0 amide bonds. The summed E-state index contributed by atoms with van der Waals surface area (Å²) in [6.45, 7) is 1.30. The fourth-order valence-corrected chi connectivity index (χ4v) is 1.62. The summed E-state index contributed by atoms with van der Waals surface area (Å²) < 4.78 is 20.7. The van der Waals surface area contributed by atoms with Gasteiger partial charge in [0.15, 0.2) is 6.29 Å². The van der Waals surface area contributed by atoms with Gasteiger partial charge in [-0.1, -0.05) is 0 Å². The minimum Gasteiger partial charge on any atom is -0.457 e. The Morgan fingerprint density at radius 3 is 3.06 bits per heavy atom. The second-order valence-corrected chi connectivity index (χ2v) is 3.78. The average molecular weight is 240 g/mol. The third kappa shape index (κ3) is 3.87. The average Bonchev–Trinajstić information content (AvgIpc) is 2.89. The molecule has 0 spiro atoms. The van der Waals surface area contributed by atoms with Crippen LogP contribution in [0.25, 0.3) is 0 Å². The van der Waals surface area contributed by atoms with Gasteiger partial charge in [-0.05, 0) is 31.4 Å². The van der Waals surface area contributed by atoms with Crippen LogP contribution in [0.1, 0.15) is 29.8 Å². The smallest absolute Gasteiger partial charge is 0.374 e. The largest absolute Gasteiger partial charge is 0.457 e. The topological polar surface area (TPSA) is 57.9 Å². The molecule has 0 aliphatic carbocycles. The Labute approximate surface area is 99.6 Å². The van der Waals surface area contributed by atoms with Gasteiger partial charge in [0, 0.05) is 6.61 Å². The molecule has 1 aromatic heterocycles. The van der Waals surface area contributed by atoms with Crippen molar-refractivity contribution in [2.45, 2.75) is 25.6 Å². The van der Waals surface area contributed by atoms with Gasteiger partial charge in [-0.3, -0.25) is 0 Å². The number of carbonyl (C=O) groups excluding carboxylic acids is 1. The number of hydrogen-bond donors (Lipinski definition) is 0. The maximum atomic E-state index is 11.4. The van der Waals surface area contributed by atoms with E-state index in [2.05, 4.69) is 0 Å². The molecule has 1 aliphatic rings. The molecule has 17 heavy (non-hydrogen) atoms. The maximum Gasteiger partial charge on any atom is 0.374 e. The molecule has 1 unspecified atom stereocenters. The van der Waals surface area contributed by atoms with Crippen molar-refractivity contribution < 1.29 is 23.4 Å². The lowest BCUT2D eigenvalue weighted by Gasteiger charge is -2.22. The first-order valence-corrected chi connectivity index (χ1v) is 5.80. The number of rotatable bonds is 5. The van der Waals surface area contributed by atoms with Crippen LogP contribution < -0.4 is 0 Å². The zero-order valence-electron chi connectivity index (χ0n) is 9.59. The van der Waals surface area contributed by atoms with Crippen LogP contribution in [0.15, 0.2) is 22.8 Å². The molecule has 2 rings (SSSR count). The number of ether oxygens (including phenoxy) is 3. The minimum absolute atomic E-state index is 0.147. The third-order valence-electron chi connectivity index (χ3n) is 2.48. The Kier molecular flexibility index (Phi) is 4.58. The van der Waals surface area contributed by atoms with Gasteiger partial charge in [-0.25, -0.2) is 4.79 Å². The first-order chi connectivity index (χ1) is 8.36. The zero-order chi connectivity index (χ0) is 11.9. The van der Waals surface area contributed by atoms with Gasteiger partial charge in [0.2, 0.25) is 5.76 Å². The van der Waals surface area contributed by atoms with E-state index >= 15 is 0 Å². The highest BCUT2D eigenvalue weighted by atomic mass is 16.7. The molecule has 0 N–H and O–H groups in total. The molecule has 1 saturated heterocycles. The molecule has 1 aliphatic heterocycles. The molecule has 94 valence electrons. The Morgan fingerprint density at radius 1 is 1.41 bits per heavy atom. The minimum atomic E-state index is -0.469. The Morgan fingerprint density at radius 2 is 2.35 bits per heavy atom. The highest BCUT2D eigenvalue weighted by Gasteiger charge is 2.14. The molecule has 0 bridgehead atoms. The summed E-state index contributed by atoms with van der Waals surface area (Å²) in [4.78, 5) is 11.4. The fraction of sp³-hybridized carbons (Fsp3) is 0.583. The van der Waals surface area contributed by atoms with Crippen LogP contribution in [0.4, 0.5) is 0 Å². The Bertz CT molecular complexity index is 327.